The first-order valence-corrected chi connectivity index (χ1v) is 8.31. The van der Waals surface area contributed by atoms with Gasteiger partial charge in [-0.1, -0.05) is 54.3 Å². The van der Waals surface area contributed by atoms with E-state index < -0.39 is 16.7 Å². The van der Waals surface area contributed by atoms with Crippen molar-refractivity contribution in [1.82, 2.24) is 4.90 Å². The summed E-state index contributed by atoms with van der Waals surface area (Å²) >= 11 is 6.14. The molecule has 25 heavy (non-hydrogen) atoms. The summed E-state index contributed by atoms with van der Waals surface area (Å²) in [5, 5.41) is 10.8. The van der Waals surface area contributed by atoms with Crippen LogP contribution in [0.5, 0.6) is 0 Å². The predicted octanol–water partition coefficient (Wildman–Crippen LogP) is 3.64. The number of nitro benzene ring substituents is 1. The van der Waals surface area contributed by atoms with Crippen molar-refractivity contribution in [3.63, 3.8) is 0 Å². The first-order chi connectivity index (χ1) is 12.0. The van der Waals surface area contributed by atoms with Crippen LogP contribution in [-0.4, -0.2) is 26.0 Å². The van der Waals surface area contributed by atoms with E-state index in [1.807, 2.05) is 0 Å². The number of nitrogens with zero attached hydrogens (tertiary/aromatic N) is 2. The second-order valence-electron chi connectivity index (χ2n) is 5.04. The highest BCUT2D eigenvalue weighted by Crippen LogP contribution is 2.34. The van der Waals surface area contributed by atoms with Gasteiger partial charge in [-0.15, -0.1) is 0 Å². The van der Waals surface area contributed by atoms with Crippen molar-refractivity contribution in [2.75, 3.05) is 0 Å². The monoisotopic (exact) mass is 370 g/mol. The van der Waals surface area contributed by atoms with Crippen molar-refractivity contribution in [2.45, 2.75) is 0 Å². The maximum absolute atomic E-state index is 12.5. The van der Waals surface area contributed by atoms with E-state index in [1.165, 1.54) is 24.3 Å². The molecule has 0 N–H and O–H groups in total. The lowest BCUT2D eigenvalue weighted by Crippen LogP contribution is -2.34. The normalized spacial score (nSPS) is 15.7. The standard InChI is InChI=1S/C17H10N2O4S2/c20-15(12-6-2-1-3-7-12)18-16(21)14(25-17(18)24)10-11-5-4-8-13(9-11)19(22)23/h1-10H/b14-10+. The van der Waals surface area contributed by atoms with Crippen molar-refractivity contribution < 1.29 is 14.5 Å². The lowest BCUT2D eigenvalue weighted by Gasteiger charge is -2.12. The lowest BCUT2D eigenvalue weighted by atomic mass is 10.1. The van der Waals surface area contributed by atoms with Gasteiger partial charge in [0, 0.05) is 17.7 Å². The van der Waals surface area contributed by atoms with Crippen molar-refractivity contribution in [3.8, 4) is 0 Å². The SMILES string of the molecule is O=C1/C(=C\c2cccc([N+](=O)[O-])c2)SC(=S)N1C(=O)c1ccccc1. The minimum Gasteiger partial charge on any atom is -0.268 e. The fraction of sp³-hybridized carbons (Fsp3) is 0. The van der Waals surface area contributed by atoms with E-state index in [4.69, 9.17) is 12.2 Å². The van der Waals surface area contributed by atoms with E-state index in [0.29, 0.717) is 11.1 Å². The van der Waals surface area contributed by atoms with Gasteiger partial charge >= 0.3 is 0 Å². The smallest absolute Gasteiger partial charge is 0.268 e. The van der Waals surface area contributed by atoms with Gasteiger partial charge in [0.15, 0.2) is 4.32 Å². The molecule has 0 unspecified atom stereocenters. The number of carbonyl (C=O) groups excluding carboxylic acids is 2. The second kappa shape index (κ2) is 6.96. The average molecular weight is 370 g/mol. The minimum absolute atomic E-state index is 0.0791. The van der Waals surface area contributed by atoms with Gasteiger partial charge in [-0.05, 0) is 23.8 Å². The number of imide groups is 1. The molecule has 2 aromatic carbocycles. The average Bonchev–Trinajstić information content (AvgIpc) is 2.89. The number of benzene rings is 2. The van der Waals surface area contributed by atoms with Crippen LogP contribution in [0.15, 0.2) is 59.5 Å². The highest BCUT2D eigenvalue weighted by atomic mass is 32.2. The van der Waals surface area contributed by atoms with Crippen LogP contribution in [0.3, 0.4) is 0 Å². The Balaban J connectivity index is 1.90. The van der Waals surface area contributed by atoms with Crippen LogP contribution in [-0.2, 0) is 4.79 Å². The van der Waals surface area contributed by atoms with Crippen molar-refractivity contribution >= 4 is 51.9 Å². The number of rotatable bonds is 3. The molecule has 3 rings (SSSR count). The van der Waals surface area contributed by atoms with Crippen LogP contribution in [0.2, 0.25) is 0 Å². The Bertz CT molecular complexity index is 925. The predicted molar refractivity (Wildman–Crippen MR) is 98.9 cm³/mol. The number of amides is 2. The highest BCUT2D eigenvalue weighted by molar-refractivity contribution is 8.26. The molecule has 0 aromatic heterocycles. The summed E-state index contributed by atoms with van der Waals surface area (Å²) in [5.41, 5.74) is 0.766. The number of hydrogen-bond donors (Lipinski definition) is 0. The van der Waals surface area contributed by atoms with E-state index >= 15 is 0 Å². The molecule has 0 bridgehead atoms. The summed E-state index contributed by atoms with van der Waals surface area (Å²) in [7, 11) is 0. The molecule has 0 atom stereocenters. The van der Waals surface area contributed by atoms with Crippen LogP contribution in [0.4, 0.5) is 5.69 Å². The third-order valence-electron chi connectivity index (χ3n) is 3.40. The topological polar surface area (TPSA) is 80.5 Å². The molecule has 0 spiro atoms. The first kappa shape index (κ1) is 17.0. The Morgan fingerprint density at radius 2 is 1.88 bits per heavy atom. The third kappa shape index (κ3) is 3.49. The summed E-state index contributed by atoms with van der Waals surface area (Å²) in [6.07, 6.45) is 1.49. The van der Waals surface area contributed by atoms with Gasteiger partial charge in [0.25, 0.3) is 17.5 Å². The van der Waals surface area contributed by atoms with E-state index in [1.54, 1.807) is 36.4 Å². The van der Waals surface area contributed by atoms with Gasteiger partial charge in [-0.2, -0.15) is 0 Å². The minimum atomic E-state index is -0.532. The van der Waals surface area contributed by atoms with Gasteiger partial charge < -0.3 is 0 Å². The Morgan fingerprint density at radius 1 is 1.16 bits per heavy atom. The van der Waals surface area contributed by atoms with E-state index in [2.05, 4.69) is 0 Å². The zero-order valence-corrected chi connectivity index (χ0v) is 14.3. The molecule has 2 amide bonds. The quantitative estimate of drug-likeness (QED) is 0.270. The van der Waals surface area contributed by atoms with Crippen LogP contribution >= 0.6 is 24.0 Å². The number of hydrogen-bond acceptors (Lipinski definition) is 6. The summed E-state index contributed by atoms with van der Waals surface area (Å²) in [6, 6.07) is 14.2. The van der Waals surface area contributed by atoms with E-state index in [-0.39, 0.29) is 14.9 Å². The van der Waals surface area contributed by atoms with Gasteiger partial charge in [-0.25, -0.2) is 4.90 Å². The third-order valence-corrected chi connectivity index (χ3v) is 4.70. The molecule has 1 fully saturated rings. The summed E-state index contributed by atoms with van der Waals surface area (Å²) in [5.74, 6) is -1.03. The van der Waals surface area contributed by atoms with Gasteiger partial charge in [0.1, 0.15) is 0 Å². The van der Waals surface area contributed by atoms with E-state index in [9.17, 15) is 19.7 Å². The van der Waals surface area contributed by atoms with Crippen molar-refractivity contribution in [3.05, 3.63) is 80.7 Å². The summed E-state index contributed by atoms with van der Waals surface area (Å²) in [6.45, 7) is 0. The van der Waals surface area contributed by atoms with Crippen molar-refractivity contribution in [1.29, 1.82) is 0 Å². The first-order valence-electron chi connectivity index (χ1n) is 7.09. The maximum Gasteiger partial charge on any atom is 0.273 e. The van der Waals surface area contributed by atoms with Crippen LogP contribution in [0.1, 0.15) is 15.9 Å². The fourth-order valence-corrected chi connectivity index (χ4v) is 3.49. The van der Waals surface area contributed by atoms with E-state index in [0.717, 1.165) is 16.7 Å². The van der Waals surface area contributed by atoms with Crippen LogP contribution in [0, 0.1) is 10.1 Å². The highest BCUT2D eigenvalue weighted by Gasteiger charge is 2.37. The largest absolute Gasteiger partial charge is 0.273 e. The molecule has 1 heterocycles. The Kier molecular flexibility index (Phi) is 4.73. The summed E-state index contributed by atoms with van der Waals surface area (Å²) in [4.78, 5) is 36.6. The lowest BCUT2D eigenvalue weighted by molar-refractivity contribution is -0.384. The Labute approximate surface area is 152 Å². The molecule has 124 valence electrons. The molecule has 1 saturated heterocycles. The molecule has 1 aliphatic rings. The number of thioether (sulfide) groups is 1. The molecule has 1 aliphatic heterocycles. The number of carbonyl (C=O) groups is 2. The molecule has 0 radical (unpaired) electrons. The second-order valence-corrected chi connectivity index (χ2v) is 6.72. The molecular weight excluding hydrogens is 360 g/mol. The van der Waals surface area contributed by atoms with Gasteiger partial charge in [-0.3, -0.25) is 19.7 Å². The molecule has 0 saturated carbocycles. The number of thiocarbonyl (C=S) groups is 1. The number of nitro groups is 1. The van der Waals surface area contributed by atoms with Gasteiger partial charge in [0.2, 0.25) is 0 Å². The Morgan fingerprint density at radius 3 is 2.56 bits per heavy atom. The zero-order valence-electron chi connectivity index (χ0n) is 12.6. The maximum atomic E-state index is 12.5. The Hall–Kier alpha value is -2.84. The van der Waals surface area contributed by atoms with Crippen LogP contribution < -0.4 is 0 Å². The molecule has 6 nitrogen and oxygen atoms in total. The fourth-order valence-electron chi connectivity index (χ4n) is 2.23. The van der Waals surface area contributed by atoms with Gasteiger partial charge in [0.05, 0.1) is 9.83 Å². The summed E-state index contributed by atoms with van der Waals surface area (Å²) < 4.78 is 0.135. The number of non-ortho nitro benzene ring substituents is 1. The molecular formula is C17H10N2O4S2. The molecule has 8 heteroatoms. The molecule has 2 aromatic rings. The zero-order chi connectivity index (χ0) is 18.0. The molecule has 0 aliphatic carbocycles. The van der Waals surface area contributed by atoms with Crippen LogP contribution in [0.25, 0.3) is 6.08 Å². The van der Waals surface area contributed by atoms with Crippen molar-refractivity contribution in [2.24, 2.45) is 0 Å².